The first-order valence-electron chi connectivity index (χ1n) is 14.4. The van der Waals surface area contributed by atoms with Crippen LogP contribution in [0.25, 0.3) is 0 Å². The van der Waals surface area contributed by atoms with Crippen LogP contribution in [-0.2, 0) is 16.1 Å². The molecule has 0 N–H and O–H groups in total. The van der Waals surface area contributed by atoms with Crippen molar-refractivity contribution >= 4 is 5.91 Å². The number of amides is 1. The van der Waals surface area contributed by atoms with Crippen LogP contribution in [-0.4, -0.2) is 43.7 Å². The molecule has 1 aliphatic heterocycles. The molecule has 0 aromatic heterocycles. The average Bonchev–Trinajstić information content (AvgIpc) is 3.27. The van der Waals surface area contributed by atoms with Gasteiger partial charge in [0.1, 0.15) is 6.61 Å². The van der Waals surface area contributed by atoms with Crippen molar-refractivity contribution in [3.05, 3.63) is 59.7 Å². The Morgan fingerprint density at radius 2 is 1.74 bits per heavy atom. The number of hydrogen-bond donors (Lipinski definition) is 0. The van der Waals surface area contributed by atoms with Gasteiger partial charge >= 0.3 is 0 Å². The molecule has 2 fully saturated rings. The fourth-order valence-electron chi connectivity index (χ4n) is 6.26. The molecule has 208 valence electrons. The molecule has 4 rings (SSSR count). The summed E-state index contributed by atoms with van der Waals surface area (Å²) in [6, 6.07) is 16.4. The Morgan fingerprint density at radius 1 is 1.03 bits per heavy atom. The van der Waals surface area contributed by atoms with E-state index in [1.54, 1.807) is 7.11 Å². The first-order chi connectivity index (χ1) is 18.1. The number of likely N-dealkylation sites (tertiary alicyclic amines) is 1. The summed E-state index contributed by atoms with van der Waals surface area (Å²) < 4.78 is 18.0. The molecule has 5 nitrogen and oxygen atoms in total. The summed E-state index contributed by atoms with van der Waals surface area (Å²) in [4.78, 5) is 15.1. The quantitative estimate of drug-likeness (QED) is 0.349. The molecule has 2 aromatic rings. The Balaban J connectivity index is 1.42. The van der Waals surface area contributed by atoms with E-state index in [1.807, 2.05) is 41.3 Å². The molecule has 0 unspecified atom stereocenters. The Labute approximate surface area is 229 Å². The smallest absolute Gasteiger partial charge is 0.248 e. The third-order valence-electron chi connectivity index (χ3n) is 9.08. The monoisotopic (exact) mass is 521 g/mol. The van der Waals surface area contributed by atoms with E-state index in [9.17, 15) is 4.79 Å². The molecule has 2 atom stereocenters. The highest BCUT2D eigenvalue weighted by Gasteiger charge is 2.44. The van der Waals surface area contributed by atoms with E-state index >= 15 is 0 Å². The van der Waals surface area contributed by atoms with Gasteiger partial charge in [0.2, 0.25) is 5.91 Å². The lowest BCUT2D eigenvalue weighted by Crippen LogP contribution is -2.33. The van der Waals surface area contributed by atoms with Gasteiger partial charge in [0.05, 0.1) is 19.8 Å². The summed E-state index contributed by atoms with van der Waals surface area (Å²) >= 11 is 0. The molecular formula is C33H47NO4. The van der Waals surface area contributed by atoms with Gasteiger partial charge in [-0.2, -0.15) is 0 Å². The second kappa shape index (κ2) is 12.1. The third kappa shape index (κ3) is 6.72. The molecule has 1 aliphatic carbocycles. The van der Waals surface area contributed by atoms with E-state index in [1.165, 1.54) is 18.4 Å². The van der Waals surface area contributed by atoms with Crippen molar-refractivity contribution in [1.29, 1.82) is 0 Å². The van der Waals surface area contributed by atoms with E-state index in [4.69, 9.17) is 14.2 Å². The van der Waals surface area contributed by atoms with Crippen molar-refractivity contribution in [3.8, 4) is 11.5 Å². The van der Waals surface area contributed by atoms with Gasteiger partial charge in [0.15, 0.2) is 11.5 Å². The maximum atomic E-state index is 13.1. The maximum absolute atomic E-state index is 13.1. The van der Waals surface area contributed by atoms with Crippen molar-refractivity contribution in [2.75, 3.05) is 26.8 Å². The second-order valence-corrected chi connectivity index (χ2v) is 12.7. The third-order valence-corrected chi connectivity index (χ3v) is 9.08. The van der Waals surface area contributed by atoms with E-state index in [0.29, 0.717) is 18.6 Å². The lowest BCUT2D eigenvalue weighted by molar-refractivity contribution is -0.135. The molecule has 1 heterocycles. The Morgan fingerprint density at radius 3 is 2.37 bits per heavy atom. The summed E-state index contributed by atoms with van der Waals surface area (Å²) in [6.07, 6.45) is 5.78. The molecule has 1 amide bonds. The highest BCUT2D eigenvalue weighted by Crippen LogP contribution is 2.47. The van der Waals surface area contributed by atoms with E-state index in [-0.39, 0.29) is 30.0 Å². The molecule has 0 radical (unpaired) electrons. The van der Waals surface area contributed by atoms with Gasteiger partial charge in [0, 0.05) is 19.0 Å². The van der Waals surface area contributed by atoms with Crippen LogP contribution < -0.4 is 9.47 Å². The summed E-state index contributed by atoms with van der Waals surface area (Å²) in [7, 11) is 1.71. The van der Waals surface area contributed by atoms with Crippen molar-refractivity contribution in [3.63, 3.8) is 0 Å². The van der Waals surface area contributed by atoms with Crippen LogP contribution in [0.3, 0.4) is 0 Å². The maximum Gasteiger partial charge on any atom is 0.248 e. The van der Waals surface area contributed by atoms with E-state index in [0.717, 1.165) is 48.8 Å². The van der Waals surface area contributed by atoms with E-state index in [2.05, 4.69) is 46.8 Å². The van der Waals surface area contributed by atoms with Crippen LogP contribution in [0, 0.1) is 16.7 Å². The number of methoxy groups -OCH3 is 1. The zero-order chi connectivity index (χ0) is 27.3. The first-order valence-corrected chi connectivity index (χ1v) is 14.4. The summed E-state index contributed by atoms with van der Waals surface area (Å²) in [5.74, 6) is 2.66. The van der Waals surface area contributed by atoms with Gasteiger partial charge < -0.3 is 19.1 Å². The minimum Gasteiger partial charge on any atom is -0.493 e. The lowest BCUT2D eigenvalue weighted by Gasteiger charge is -2.37. The van der Waals surface area contributed by atoms with Crippen LogP contribution in [0.5, 0.6) is 11.5 Å². The van der Waals surface area contributed by atoms with Crippen LogP contribution >= 0.6 is 0 Å². The van der Waals surface area contributed by atoms with Crippen LogP contribution in [0.15, 0.2) is 48.5 Å². The van der Waals surface area contributed by atoms with Gasteiger partial charge in [-0.1, -0.05) is 71.0 Å². The molecular weight excluding hydrogens is 474 g/mol. The molecule has 38 heavy (non-hydrogen) atoms. The molecule has 2 aromatic carbocycles. The topological polar surface area (TPSA) is 48.0 Å². The number of rotatable bonds is 9. The number of carbonyl (C=O) groups excluding carboxylic acids is 1. The summed E-state index contributed by atoms with van der Waals surface area (Å²) in [6.45, 7) is 13.6. The molecule has 5 heteroatoms. The molecule has 1 saturated carbocycles. The van der Waals surface area contributed by atoms with Gasteiger partial charge in [-0.25, -0.2) is 0 Å². The minimum atomic E-state index is -0.00822. The number of benzene rings is 2. The SMILES string of the molecule is CC[C@]1(C)CN(C(=O)COCc2ccccc2)C[C@H]1c1ccc(OC)c(OC2CCC(C(C)(C)C)CC2)c1. The van der Waals surface area contributed by atoms with Gasteiger partial charge in [-0.15, -0.1) is 0 Å². The van der Waals surface area contributed by atoms with E-state index < -0.39 is 0 Å². The first kappa shape index (κ1) is 28.5. The predicted octanol–water partition coefficient (Wildman–Crippen LogP) is 7.24. The Hall–Kier alpha value is -2.53. The molecule has 2 aliphatic rings. The zero-order valence-corrected chi connectivity index (χ0v) is 24.3. The number of nitrogens with zero attached hydrogens (tertiary/aromatic N) is 1. The summed E-state index contributed by atoms with van der Waals surface area (Å²) in [5, 5.41) is 0. The highest BCUT2D eigenvalue weighted by molar-refractivity contribution is 5.78. The van der Waals surface area contributed by atoms with Crippen molar-refractivity contribution < 1.29 is 19.0 Å². The number of carbonyl (C=O) groups is 1. The zero-order valence-electron chi connectivity index (χ0n) is 24.3. The molecule has 0 bridgehead atoms. The predicted molar refractivity (Wildman–Crippen MR) is 153 cm³/mol. The van der Waals surface area contributed by atoms with Gasteiger partial charge in [0.25, 0.3) is 0 Å². The standard InChI is InChI=1S/C33H47NO4/c1-7-33(5)23-34(31(35)22-37-21-24-11-9-8-10-12-24)20-28(33)25-13-18-29(36-6)30(19-25)38-27-16-14-26(15-17-27)32(2,3)4/h8-13,18-19,26-28H,7,14-17,20-23H2,1-6H3/t26?,27?,28-,33+/m0/s1. The summed E-state index contributed by atoms with van der Waals surface area (Å²) in [5.41, 5.74) is 2.64. The van der Waals surface area contributed by atoms with Crippen LogP contribution in [0.4, 0.5) is 0 Å². The lowest BCUT2D eigenvalue weighted by atomic mass is 9.72. The van der Waals surface area contributed by atoms with Crippen molar-refractivity contribution in [1.82, 2.24) is 4.90 Å². The number of ether oxygens (including phenoxy) is 3. The van der Waals surface area contributed by atoms with Crippen LogP contribution in [0.2, 0.25) is 0 Å². The minimum absolute atomic E-state index is 0.00822. The normalized spacial score (nSPS) is 25.8. The average molecular weight is 522 g/mol. The van der Waals surface area contributed by atoms with Gasteiger partial charge in [-0.3, -0.25) is 4.79 Å². The van der Waals surface area contributed by atoms with Crippen molar-refractivity contribution in [2.24, 2.45) is 16.7 Å². The Bertz CT molecular complexity index is 1050. The fraction of sp³-hybridized carbons (Fsp3) is 0.606. The largest absolute Gasteiger partial charge is 0.493 e. The second-order valence-electron chi connectivity index (χ2n) is 12.7. The molecule has 0 spiro atoms. The van der Waals surface area contributed by atoms with Crippen LogP contribution in [0.1, 0.15) is 83.8 Å². The fourth-order valence-corrected chi connectivity index (χ4v) is 6.26. The van der Waals surface area contributed by atoms with Crippen molar-refractivity contribution in [2.45, 2.75) is 85.4 Å². The molecule has 1 saturated heterocycles. The highest BCUT2D eigenvalue weighted by atomic mass is 16.5. The Kier molecular flexibility index (Phi) is 9.07. The number of hydrogen-bond acceptors (Lipinski definition) is 4. The van der Waals surface area contributed by atoms with Gasteiger partial charge in [-0.05, 0) is 72.1 Å².